The molecule has 1 saturated heterocycles. The van der Waals surface area contributed by atoms with Gasteiger partial charge in [-0.3, -0.25) is 0 Å². The first-order chi connectivity index (χ1) is 10.3. The summed E-state index contributed by atoms with van der Waals surface area (Å²) in [6.45, 7) is 2.53. The van der Waals surface area contributed by atoms with Crippen LogP contribution in [0.4, 0.5) is 5.82 Å². The molecule has 1 saturated carbocycles. The fourth-order valence-corrected chi connectivity index (χ4v) is 3.36. The minimum absolute atomic E-state index is 0.212. The fourth-order valence-electron chi connectivity index (χ4n) is 3.36. The number of carbonyl (C=O) groups excluding carboxylic acids is 1. The molecule has 2 heterocycles. The normalized spacial score (nSPS) is 19.7. The second-order valence-corrected chi connectivity index (χ2v) is 6.17. The van der Waals surface area contributed by atoms with E-state index in [1.54, 1.807) is 6.20 Å². The molecule has 0 unspecified atom stereocenters. The summed E-state index contributed by atoms with van der Waals surface area (Å²) in [5.41, 5.74) is 0.621. The Hall–Kier alpha value is -1.58. The molecule has 1 aromatic rings. The maximum atomic E-state index is 12.4. The molecule has 2 aliphatic rings. The Morgan fingerprint density at radius 2 is 1.95 bits per heavy atom. The van der Waals surface area contributed by atoms with E-state index in [1.807, 2.05) is 12.1 Å². The lowest BCUT2D eigenvalue weighted by atomic mass is 9.90. The van der Waals surface area contributed by atoms with Crippen LogP contribution in [-0.2, 0) is 4.74 Å². The van der Waals surface area contributed by atoms with Crippen LogP contribution in [0.2, 0.25) is 0 Å². The van der Waals surface area contributed by atoms with E-state index in [0.29, 0.717) is 18.1 Å². The number of pyridine rings is 1. The third kappa shape index (κ3) is 3.55. The summed E-state index contributed by atoms with van der Waals surface area (Å²) in [7, 11) is 0. The minimum Gasteiger partial charge on any atom is -0.462 e. The molecule has 1 aromatic heterocycles. The van der Waals surface area contributed by atoms with Crippen molar-refractivity contribution in [2.45, 2.75) is 44.9 Å². The number of carbonyl (C=O) groups is 1. The van der Waals surface area contributed by atoms with Gasteiger partial charge in [0.2, 0.25) is 0 Å². The molecule has 0 bridgehead atoms. The summed E-state index contributed by atoms with van der Waals surface area (Å²) in [6, 6.07) is 3.65. The highest BCUT2D eigenvalue weighted by Crippen LogP contribution is 2.25. The van der Waals surface area contributed by atoms with Crippen LogP contribution in [0.25, 0.3) is 0 Å². The molecule has 0 aromatic carbocycles. The van der Waals surface area contributed by atoms with Gasteiger partial charge in [0.05, 0.1) is 6.61 Å². The molecule has 0 N–H and O–H groups in total. The molecule has 4 nitrogen and oxygen atoms in total. The predicted molar refractivity (Wildman–Crippen MR) is 82.5 cm³/mol. The standard InChI is InChI=1S/C17H24N2O2/c20-17(21-13-14-7-2-1-3-8-14)15-9-6-10-18-16(15)19-11-4-5-12-19/h6,9-10,14H,1-5,7-8,11-13H2. The lowest BCUT2D eigenvalue weighted by molar-refractivity contribution is 0.0410. The molecule has 1 aliphatic heterocycles. The first-order valence-electron chi connectivity index (χ1n) is 8.21. The second kappa shape index (κ2) is 6.92. The summed E-state index contributed by atoms with van der Waals surface area (Å²) in [5.74, 6) is 1.13. The summed E-state index contributed by atoms with van der Waals surface area (Å²) < 4.78 is 5.56. The molecule has 0 atom stereocenters. The van der Waals surface area contributed by atoms with Crippen LogP contribution in [0, 0.1) is 5.92 Å². The van der Waals surface area contributed by atoms with Crippen molar-refractivity contribution in [2.75, 3.05) is 24.6 Å². The molecule has 0 radical (unpaired) electrons. The molecule has 0 amide bonds. The summed E-state index contributed by atoms with van der Waals surface area (Å²) in [5, 5.41) is 0. The van der Waals surface area contributed by atoms with E-state index in [1.165, 1.54) is 44.9 Å². The predicted octanol–water partition coefficient (Wildman–Crippen LogP) is 3.42. The lowest BCUT2D eigenvalue weighted by Crippen LogP contribution is -2.23. The zero-order valence-corrected chi connectivity index (χ0v) is 12.6. The average Bonchev–Trinajstić information content (AvgIpc) is 3.08. The van der Waals surface area contributed by atoms with Crippen molar-refractivity contribution >= 4 is 11.8 Å². The van der Waals surface area contributed by atoms with Gasteiger partial charge in [-0.25, -0.2) is 9.78 Å². The third-order valence-corrected chi connectivity index (χ3v) is 4.59. The molecule has 3 rings (SSSR count). The smallest absolute Gasteiger partial charge is 0.341 e. The summed E-state index contributed by atoms with van der Waals surface area (Å²) >= 11 is 0. The average molecular weight is 288 g/mol. The van der Waals surface area contributed by atoms with Gasteiger partial charge in [-0.1, -0.05) is 19.3 Å². The quantitative estimate of drug-likeness (QED) is 0.796. The summed E-state index contributed by atoms with van der Waals surface area (Å²) in [6.07, 6.45) is 10.4. The van der Waals surface area contributed by atoms with Gasteiger partial charge in [0.25, 0.3) is 0 Å². The van der Waals surface area contributed by atoms with Gasteiger partial charge in [0.1, 0.15) is 11.4 Å². The molecule has 21 heavy (non-hydrogen) atoms. The lowest BCUT2D eigenvalue weighted by Gasteiger charge is -2.22. The van der Waals surface area contributed by atoms with Gasteiger partial charge < -0.3 is 9.64 Å². The Balaban J connectivity index is 1.63. The maximum Gasteiger partial charge on any atom is 0.341 e. The van der Waals surface area contributed by atoms with Gasteiger partial charge >= 0.3 is 5.97 Å². The van der Waals surface area contributed by atoms with Gasteiger partial charge in [-0.2, -0.15) is 0 Å². The highest BCUT2D eigenvalue weighted by molar-refractivity contribution is 5.94. The molecular formula is C17H24N2O2. The number of ether oxygens (including phenoxy) is 1. The molecule has 114 valence electrons. The monoisotopic (exact) mass is 288 g/mol. The molecular weight excluding hydrogens is 264 g/mol. The number of anilines is 1. The second-order valence-electron chi connectivity index (χ2n) is 6.17. The zero-order valence-electron chi connectivity index (χ0n) is 12.6. The van der Waals surface area contributed by atoms with Crippen molar-refractivity contribution in [1.82, 2.24) is 4.98 Å². The largest absolute Gasteiger partial charge is 0.462 e. The van der Waals surface area contributed by atoms with Gasteiger partial charge in [0.15, 0.2) is 0 Å². The number of hydrogen-bond donors (Lipinski definition) is 0. The van der Waals surface area contributed by atoms with Crippen molar-refractivity contribution in [3.8, 4) is 0 Å². The van der Waals surface area contributed by atoms with Gasteiger partial charge in [-0.15, -0.1) is 0 Å². The number of rotatable bonds is 4. The fraction of sp³-hybridized carbons (Fsp3) is 0.647. The van der Waals surface area contributed by atoms with Gasteiger partial charge in [0, 0.05) is 19.3 Å². The SMILES string of the molecule is O=C(OCC1CCCCC1)c1cccnc1N1CCCC1. The zero-order chi connectivity index (χ0) is 14.5. The molecule has 1 aliphatic carbocycles. The van der Waals surface area contributed by atoms with Crippen LogP contribution in [0.5, 0.6) is 0 Å². The Kier molecular flexibility index (Phi) is 4.73. The Labute approximate surface area is 126 Å². The van der Waals surface area contributed by atoms with E-state index < -0.39 is 0 Å². The van der Waals surface area contributed by atoms with Crippen LogP contribution in [-0.4, -0.2) is 30.6 Å². The van der Waals surface area contributed by atoms with Crippen molar-refractivity contribution < 1.29 is 9.53 Å². The Morgan fingerprint density at radius 3 is 2.71 bits per heavy atom. The number of nitrogens with zero attached hydrogens (tertiary/aromatic N) is 2. The third-order valence-electron chi connectivity index (χ3n) is 4.59. The van der Waals surface area contributed by atoms with Crippen LogP contribution in [0.15, 0.2) is 18.3 Å². The Bertz CT molecular complexity index is 477. The van der Waals surface area contributed by atoms with Crippen molar-refractivity contribution in [1.29, 1.82) is 0 Å². The Morgan fingerprint density at radius 1 is 1.19 bits per heavy atom. The van der Waals surface area contributed by atoms with E-state index in [0.717, 1.165) is 18.9 Å². The van der Waals surface area contributed by atoms with E-state index >= 15 is 0 Å². The van der Waals surface area contributed by atoms with Crippen molar-refractivity contribution in [2.24, 2.45) is 5.92 Å². The van der Waals surface area contributed by atoms with Crippen LogP contribution >= 0.6 is 0 Å². The first-order valence-corrected chi connectivity index (χ1v) is 8.21. The number of aromatic nitrogens is 1. The van der Waals surface area contributed by atoms with E-state index in [2.05, 4.69) is 9.88 Å². The van der Waals surface area contributed by atoms with Gasteiger partial charge in [-0.05, 0) is 43.7 Å². The van der Waals surface area contributed by atoms with Crippen LogP contribution < -0.4 is 4.90 Å². The topological polar surface area (TPSA) is 42.4 Å². The van der Waals surface area contributed by atoms with Crippen molar-refractivity contribution in [3.05, 3.63) is 23.9 Å². The molecule has 4 heteroatoms. The minimum atomic E-state index is -0.212. The maximum absolute atomic E-state index is 12.4. The number of esters is 1. The van der Waals surface area contributed by atoms with Crippen LogP contribution in [0.3, 0.4) is 0 Å². The first kappa shape index (κ1) is 14.4. The number of hydrogen-bond acceptors (Lipinski definition) is 4. The highest BCUT2D eigenvalue weighted by atomic mass is 16.5. The molecule has 2 fully saturated rings. The van der Waals surface area contributed by atoms with E-state index in [4.69, 9.17) is 4.74 Å². The van der Waals surface area contributed by atoms with E-state index in [9.17, 15) is 4.79 Å². The van der Waals surface area contributed by atoms with Crippen molar-refractivity contribution in [3.63, 3.8) is 0 Å². The van der Waals surface area contributed by atoms with Crippen LogP contribution in [0.1, 0.15) is 55.3 Å². The molecule has 0 spiro atoms. The van der Waals surface area contributed by atoms with E-state index in [-0.39, 0.29) is 5.97 Å². The highest BCUT2D eigenvalue weighted by Gasteiger charge is 2.22. The summed E-state index contributed by atoms with van der Waals surface area (Å²) in [4.78, 5) is 19.0.